The maximum atomic E-state index is 14.3. The lowest BCUT2D eigenvalue weighted by molar-refractivity contribution is -0.151. The number of thioether (sulfide) groups is 1. The Morgan fingerprint density at radius 3 is 1.10 bits per heavy atom. The molecule has 0 aliphatic heterocycles. The fraction of sp³-hybridized carbons (Fsp3) is 0.773. The van der Waals surface area contributed by atoms with Crippen LogP contribution in [0, 0.1) is 0 Å². The number of carbonyl (C=O) groups excluding carboxylic acids is 3. The van der Waals surface area contributed by atoms with Crippen molar-refractivity contribution in [2.24, 2.45) is 0 Å². The molecule has 0 heterocycles. The summed E-state index contributed by atoms with van der Waals surface area (Å²) >= 11 is 1.59. The highest BCUT2D eigenvalue weighted by atomic mass is 32.2. The first-order chi connectivity index (χ1) is 36.0. The number of rotatable bonds is 53. The van der Waals surface area contributed by atoms with Crippen LogP contribution in [-0.4, -0.2) is 41.5 Å². The summed E-state index contributed by atoms with van der Waals surface area (Å²) in [5.41, 5.74) is 1.77. The molecule has 6 nitrogen and oxygen atoms in total. The Morgan fingerprint density at radius 1 is 0.397 bits per heavy atom. The minimum absolute atomic E-state index is 0.102. The second-order valence-corrected chi connectivity index (χ2v) is 22.9. The van der Waals surface area contributed by atoms with Gasteiger partial charge in [0, 0.05) is 24.3 Å². The number of hydrogen-bond acceptors (Lipinski definition) is 6. The number of hydrogen-bond donors (Lipinski definition) is 1. The lowest BCUT2D eigenvalue weighted by Crippen LogP contribution is -2.44. The lowest BCUT2D eigenvalue weighted by atomic mass is 10.0. The van der Waals surface area contributed by atoms with E-state index in [1.807, 2.05) is 60.7 Å². The zero-order chi connectivity index (χ0) is 52.3. The van der Waals surface area contributed by atoms with Crippen molar-refractivity contribution in [3.8, 4) is 0 Å². The van der Waals surface area contributed by atoms with Gasteiger partial charge in [-0.05, 0) is 36.8 Å². The van der Waals surface area contributed by atoms with Crippen LogP contribution < -0.4 is 5.32 Å². The molecule has 0 aromatic heterocycles. The standard InChI is InChI=1S/C66H113NO5S/c1-4-7-10-13-16-19-22-25-28-29-32-35-38-47-54-61(71-64(69)56-49-40-37-34-31-27-24-21-18-15-12-9-6-3)57-73-58-62(66(70)72-65(59-50-43-41-44-51-59)60-52-45-42-46-53-60)67-63(68)55-48-39-36-33-30-26-23-20-17-14-11-8-5-2/h41-46,50-53,61-62,65H,4-40,47-49,54-58H2,1-3H3,(H,67,68)/t61?,62-/m0/s1. The van der Waals surface area contributed by atoms with Gasteiger partial charge in [0.15, 0.2) is 6.10 Å². The first kappa shape index (κ1) is 66.3. The van der Waals surface area contributed by atoms with E-state index in [9.17, 15) is 14.4 Å². The number of esters is 2. The van der Waals surface area contributed by atoms with Gasteiger partial charge in [-0.15, -0.1) is 0 Å². The van der Waals surface area contributed by atoms with E-state index in [1.54, 1.807) is 11.8 Å². The third-order valence-electron chi connectivity index (χ3n) is 14.8. The van der Waals surface area contributed by atoms with Crippen molar-refractivity contribution in [1.82, 2.24) is 5.32 Å². The van der Waals surface area contributed by atoms with E-state index < -0.39 is 18.1 Å². The van der Waals surface area contributed by atoms with Crippen molar-refractivity contribution in [2.75, 3.05) is 11.5 Å². The van der Waals surface area contributed by atoms with E-state index in [0.717, 1.165) is 62.5 Å². The average molecular weight is 1030 g/mol. The zero-order valence-electron chi connectivity index (χ0n) is 47.8. The van der Waals surface area contributed by atoms with Crippen LogP contribution in [0.2, 0.25) is 0 Å². The molecule has 0 spiro atoms. The predicted molar refractivity (Wildman–Crippen MR) is 316 cm³/mol. The monoisotopic (exact) mass is 1030 g/mol. The molecular formula is C66H113NO5S. The number of nitrogens with one attached hydrogen (secondary N) is 1. The van der Waals surface area contributed by atoms with Gasteiger partial charge in [0.05, 0.1) is 0 Å². The molecule has 1 N–H and O–H groups in total. The van der Waals surface area contributed by atoms with Crippen molar-refractivity contribution >= 4 is 29.6 Å². The molecule has 0 fully saturated rings. The number of unbranched alkanes of at least 4 members (excludes halogenated alkanes) is 37. The van der Waals surface area contributed by atoms with Crippen molar-refractivity contribution in [1.29, 1.82) is 0 Å². The number of amides is 1. The summed E-state index contributed by atoms with van der Waals surface area (Å²) in [6.45, 7) is 6.83. The van der Waals surface area contributed by atoms with Gasteiger partial charge in [-0.1, -0.05) is 319 Å². The van der Waals surface area contributed by atoms with E-state index in [2.05, 4.69) is 26.1 Å². The Hall–Kier alpha value is -2.80. The van der Waals surface area contributed by atoms with Gasteiger partial charge in [-0.3, -0.25) is 9.59 Å². The van der Waals surface area contributed by atoms with E-state index in [0.29, 0.717) is 24.3 Å². The highest BCUT2D eigenvalue weighted by molar-refractivity contribution is 7.99. The molecule has 0 radical (unpaired) electrons. The molecule has 418 valence electrons. The van der Waals surface area contributed by atoms with Crippen LogP contribution in [-0.2, 0) is 23.9 Å². The Kier molecular flexibility index (Phi) is 45.5. The minimum Gasteiger partial charge on any atom is -0.461 e. The fourth-order valence-electron chi connectivity index (χ4n) is 10.1. The largest absolute Gasteiger partial charge is 0.461 e. The summed E-state index contributed by atoms with van der Waals surface area (Å²) in [6, 6.07) is 18.9. The Bertz CT molecular complexity index is 1480. The van der Waals surface area contributed by atoms with Crippen molar-refractivity contribution in [3.05, 3.63) is 71.8 Å². The van der Waals surface area contributed by atoms with Crippen LogP contribution >= 0.6 is 11.8 Å². The van der Waals surface area contributed by atoms with Crippen LogP contribution in [0.25, 0.3) is 0 Å². The molecule has 0 saturated carbocycles. The molecule has 0 bridgehead atoms. The molecule has 1 amide bonds. The predicted octanol–water partition coefficient (Wildman–Crippen LogP) is 20.3. The molecule has 0 saturated heterocycles. The average Bonchev–Trinajstić information content (AvgIpc) is 3.40. The normalized spacial score (nSPS) is 12.3. The van der Waals surface area contributed by atoms with Crippen LogP contribution in [0.15, 0.2) is 60.7 Å². The van der Waals surface area contributed by atoms with E-state index in [4.69, 9.17) is 9.47 Å². The maximum absolute atomic E-state index is 14.3. The Morgan fingerprint density at radius 2 is 0.726 bits per heavy atom. The molecule has 2 aromatic rings. The van der Waals surface area contributed by atoms with Crippen LogP contribution in [0.3, 0.4) is 0 Å². The first-order valence-electron chi connectivity index (χ1n) is 31.3. The third kappa shape index (κ3) is 39.3. The molecule has 73 heavy (non-hydrogen) atoms. The lowest BCUT2D eigenvalue weighted by Gasteiger charge is -2.24. The summed E-state index contributed by atoms with van der Waals surface area (Å²) in [4.78, 5) is 41.2. The van der Waals surface area contributed by atoms with Crippen LogP contribution in [0.4, 0.5) is 0 Å². The molecule has 0 aliphatic rings. The van der Waals surface area contributed by atoms with Gasteiger partial charge in [-0.25, -0.2) is 4.79 Å². The Balaban J connectivity index is 1.96. The summed E-state index contributed by atoms with van der Waals surface area (Å²) < 4.78 is 12.6. The molecule has 2 aromatic carbocycles. The van der Waals surface area contributed by atoms with Crippen molar-refractivity contribution in [3.63, 3.8) is 0 Å². The van der Waals surface area contributed by atoms with E-state index in [1.165, 1.54) is 212 Å². The number of ether oxygens (including phenoxy) is 2. The molecule has 2 atom stereocenters. The van der Waals surface area contributed by atoms with Crippen molar-refractivity contribution in [2.45, 2.75) is 315 Å². The minimum atomic E-state index is -0.822. The van der Waals surface area contributed by atoms with Gasteiger partial charge < -0.3 is 14.8 Å². The molecule has 0 aliphatic carbocycles. The molecular weight excluding hydrogens is 919 g/mol. The first-order valence-corrected chi connectivity index (χ1v) is 32.5. The quantitative estimate of drug-likeness (QED) is 0.0525. The molecule has 7 heteroatoms. The number of benzene rings is 2. The highest BCUT2D eigenvalue weighted by Crippen LogP contribution is 2.27. The van der Waals surface area contributed by atoms with Gasteiger partial charge >= 0.3 is 11.9 Å². The summed E-state index contributed by atoms with van der Waals surface area (Å²) in [6.07, 6.45) is 51.9. The second-order valence-electron chi connectivity index (χ2n) is 21.8. The summed E-state index contributed by atoms with van der Waals surface area (Å²) in [7, 11) is 0. The second kappa shape index (κ2) is 50.0. The highest BCUT2D eigenvalue weighted by Gasteiger charge is 2.28. The summed E-state index contributed by atoms with van der Waals surface area (Å²) in [5, 5.41) is 3.11. The Labute approximate surface area is 455 Å². The maximum Gasteiger partial charge on any atom is 0.330 e. The fourth-order valence-corrected chi connectivity index (χ4v) is 11.2. The summed E-state index contributed by atoms with van der Waals surface area (Å²) in [5.74, 6) is 0.291. The van der Waals surface area contributed by atoms with E-state index >= 15 is 0 Å². The van der Waals surface area contributed by atoms with Gasteiger partial charge in [0.2, 0.25) is 5.91 Å². The van der Waals surface area contributed by atoms with E-state index in [-0.39, 0.29) is 18.0 Å². The van der Waals surface area contributed by atoms with Gasteiger partial charge in [0.1, 0.15) is 12.1 Å². The molecule has 2 rings (SSSR count). The van der Waals surface area contributed by atoms with Gasteiger partial charge in [-0.2, -0.15) is 11.8 Å². The van der Waals surface area contributed by atoms with Crippen molar-refractivity contribution < 1.29 is 23.9 Å². The van der Waals surface area contributed by atoms with Gasteiger partial charge in [0.25, 0.3) is 0 Å². The smallest absolute Gasteiger partial charge is 0.330 e. The van der Waals surface area contributed by atoms with Crippen LogP contribution in [0.5, 0.6) is 0 Å². The third-order valence-corrected chi connectivity index (χ3v) is 16.0. The SMILES string of the molecule is CCCCCCCCCCCCCCCCC(CSC[C@H](NC(=O)CCCCCCCCCCCCCCC)C(=O)OC(c1ccccc1)c1ccccc1)OC(=O)CCCCCCCCCCCCCCC. The molecule has 1 unspecified atom stereocenters. The zero-order valence-corrected chi connectivity index (χ0v) is 48.6. The number of carbonyl (C=O) groups is 3. The van der Waals surface area contributed by atoms with Crippen LogP contribution in [0.1, 0.15) is 314 Å². The topological polar surface area (TPSA) is 81.7 Å².